The molecular weight excluding hydrogens is 226 g/mol. The maximum absolute atomic E-state index is 6.15. The van der Waals surface area contributed by atoms with Crippen LogP contribution >= 0.6 is 0 Å². The lowest BCUT2D eigenvalue weighted by Crippen LogP contribution is -2.40. The van der Waals surface area contributed by atoms with Gasteiger partial charge in [0.1, 0.15) is 0 Å². The van der Waals surface area contributed by atoms with E-state index >= 15 is 0 Å². The van der Waals surface area contributed by atoms with Gasteiger partial charge in [0.05, 0.1) is 18.4 Å². The molecule has 0 amide bonds. The molecule has 0 saturated heterocycles. The molecule has 4 heteroatoms. The van der Waals surface area contributed by atoms with Gasteiger partial charge in [-0.05, 0) is 24.8 Å². The van der Waals surface area contributed by atoms with E-state index in [0.29, 0.717) is 6.54 Å². The topological polar surface area (TPSA) is 53.1 Å². The molecule has 2 N–H and O–H groups in total. The minimum absolute atomic E-state index is 0.0568. The summed E-state index contributed by atoms with van der Waals surface area (Å²) in [5.41, 5.74) is 7.13. The highest BCUT2D eigenvalue weighted by Crippen LogP contribution is 2.29. The molecule has 4 nitrogen and oxygen atoms in total. The lowest BCUT2D eigenvalue weighted by atomic mass is 9.94. The van der Waals surface area contributed by atoms with Crippen LogP contribution in [0.2, 0.25) is 0 Å². The van der Waals surface area contributed by atoms with Gasteiger partial charge in [-0.3, -0.25) is 4.68 Å². The normalized spacial score (nSPS) is 19.7. The van der Waals surface area contributed by atoms with Gasteiger partial charge in [0, 0.05) is 19.8 Å². The van der Waals surface area contributed by atoms with Crippen molar-refractivity contribution in [3.8, 4) is 0 Å². The number of nitrogens with zero attached hydrogens (tertiary/aromatic N) is 2. The van der Waals surface area contributed by atoms with Crippen molar-refractivity contribution in [2.24, 2.45) is 12.8 Å². The third kappa shape index (κ3) is 3.56. The van der Waals surface area contributed by atoms with Gasteiger partial charge in [-0.2, -0.15) is 5.10 Å². The summed E-state index contributed by atoms with van der Waals surface area (Å²) in [5.74, 6) is 0. The Morgan fingerprint density at radius 3 is 2.61 bits per heavy atom. The molecule has 0 bridgehead atoms. The molecular formula is C14H25N3O. The van der Waals surface area contributed by atoms with Gasteiger partial charge in [0.2, 0.25) is 0 Å². The molecule has 0 aromatic carbocycles. The van der Waals surface area contributed by atoms with E-state index in [0.717, 1.165) is 25.9 Å². The molecule has 18 heavy (non-hydrogen) atoms. The fourth-order valence-electron chi connectivity index (χ4n) is 2.77. The van der Waals surface area contributed by atoms with Crippen LogP contribution in [0.4, 0.5) is 0 Å². The van der Waals surface area contributed by atoms with Crippen LogP contribution in [-0.4, -0.2) is 28.5 Å². The molecule has 2 rings (SSSR count). The standard InChI is InChI=1S/C14H25N3O/c1-17-11-13(10-16-17)6-9-18-14(12-15)7-4-2-3-5-8-14/h10-11H,2-9,12,15H2,1H3. The van der Waals surface area contributed by atoms with Gasteiger partial charge in [0.25, 0.3) is 0 Å². The third-order valence-corrected chi connectivity index (χ3v) is 3.94. The van der Waals surface area contributed by atoms with Crippen LogP contribution in [0.1, 0.15) is 44.1 Å². The van der Waals surface area contributed by atoms with E-state index in [2.05, 4.69) is 5.10 Å². The lowest BCUT2D eigenvalue weighted by molar-refractivity contribution is -0.0479. The first-order valence-electron chi connectivity index (χ1n) is 7.06. The lowest BCUT2D eigenvalue weighted by Gasteiger charge is -2.31. The highest BCUT2D eigenvalue weighted by Gasteiger charge is 2.30. The quantitative estimate of drug-likeness (QED) is 0.815. The number of nitrogens with two attached hydrogens (primary N) is 1. The second kappa shape index (κ2) is 6.34. The molecule has 1 saturated carbocycles. The minimum Gasteiger partial charge on any atom is -0.373 e. The Kier molecular flexibility index (Phi) is 4.78. The molecule has 1 aliphatic carbocycles. The molecule has 1 aromatic rings. The molecule has 0 unspecified atom stereocenters. The van der Waals surface area contributed by atoms with Crippen LogP contribution in [0.3, 0.4) is 0 Å². The first-order valence-corrected chi connectivity index (χ1v) is 7.06. The van der Waals surface area contributed by atoms with Crippen LogP contribution in [0.15, 0.2) is 12.4 Å². The van der Waals surface area contributed by atoms with E-state index < -0.39 is 0 Å². The number of rotatable bonds is 5. The van der Waals surface area contributed by atoms with Gasteiger partial charge in [-0.25, -0.2) is 0 Å². The smallest absolute Gasteiger partial charge is 0.0804 e. The van der Waals surface area contributed by atoms with Crippen LogP contribution < -0.4 is 5.73 Å². The van der Waals surface area contributed by atoms with Crippen LogP contribution in [0.25, 0.3) is 0 Å². The maximum atomic E-state index is 6.15. The predicted molar refractivity (Wildman–Crippen MR) is 72.4 cm³/mol. The molecule has 0 atom stereocenters. The van der Waals surface area contributed by atoms with Crippen molar-refractivity contribution in [3.05, 3.63) is 18.0 Å². The number of hydrogen-bond donors (Lipinski definition) is 1. The highest BCUT2D eigenvalue weighted by molar-refractivity contribution is 5.03. The van der Waals surface area contributed by atoms with E-state index in [4.69, 9.17) is 10.5 Å². The van der Waals surface area contributed by atoms with Crippen molar-refractivity contribution < 1.29 is 4.74 Å². The van der Waals surface area contributed by atoms with Crippen LogP contribution in [0, 0.1) is 0 Å². The average Bonchev–Trinajstić information content (AvgIpc) is 2.65. The molecule has 1 fully saturated rings. The number of ether oxygens (including phenoxy) is 1. The second-order valence-corrected chi connectivity index (χ2v) is 5.42. The van der Waals surface area contributed by atoms with Crippen molar-refractivity contribution in [1.82, 2.24) is 9.78 Å². The van der Waals surface area contributed by atoms with E-state index in [-0.39, 0.29) is 5.60 Å². The first kappa shape index (κ1) is 13.6. The first-order chi connectivity index (χ1) is 8.74. The Balaban J connectivity index is 1.82. The van der Waals surface area contributed by atoms with Gasteiger partial charge < -0.3 is 10.5 Å². The minimum atomic E-state index is -0.0568. The van der Waals surface area contributed by atoms with Crippen molar-refractivity contribution in [1.29, 1.82) is 0 Å². The highest BCUT2D eigenvalue weighted by atomic mass is 16.5. The fraction of sp³-hybridized carbons (Fsp3) is 0.786. The van der Waals surface area contributed by atoms with E-state index in [1.165, 1.54) is 31.2 Å². The zero-order valence-electron chi connectivity index (χ0n) is 11.4. The van der Waals surface area contributed by atoms with Crippen molar-refractivity contribution in [2.45, 2.75) is 50.5 Å². The zero-order valence-corrected chi connectivity index (χ0v) is 11.4. The average molecular weight is 251 g/mol. The second-order valence-electron chi connectivity index (χ2n) is 5.42. The summed E-state index contributed by atoms with van der Waals surface area (Å²) in [5, 5.41) is 4.17. The molecule has 1 aromatic heterocycles. The van der Waals surface area contributed by atoms with E-state index in [1.54, 1.807) is 0 Å². The van der Waals surface area contributed by atoms with Gasteiger partial charge in [-0.15, -0.1) is 0 Å². The summed E-state index contributed by atoms with van der Waals surface area (Å²) >= 11 is 0. The molecule has 1 aliphatic rings. The summed E-state index contributed by atoms with van der Waals surface area (Å²) in [7, 11) is 1.94. The Morgan fingerprint density at radius 2 is 2.06 bits per heavy atom. The monoisotopic (exact) mass is 251 g/mol. The Morgan fingerprint density at radius 1 is 1.33 bits per heavy atom. The van der Waals surface area contributed by atoms with Crippen molar-refractivity contribution >= 4 is 0 Å². The van der Waals surface area contributed by atoms with Crippen LogP contribution in [0.5, 0.6) is 0 Å². The molecule has 102 valence electrons. The SMILES string of the molecule is Cn1cc(CCOC2(CN)CCCCCC2)cn1. The summed E-state index contributed by atoms with van der Waals surface area (Å²) < 4.78 is 7.98. The summed E-state index contributed by atoms with van der Waals surface area (Å²) in [4.78, 5) is 0. The van der Waals surface area contributed by atoms with Crippen LogP contribution in [-0.2, 0) is 18.2 Å². The number of aromatic nitrogens is 2. The van der Waals surface area contributed by atoms with Crippen molar-refractivity contribution in [3.63, 3.8) is 0 Å². The fourth-order valence-corrected chi connectivity index (χ4v) is 2.77. The predicted octanol–water partition coefficient (Wildman–Crippen LogP) is 2.03. The zero-order chi connectivity index (χ0) is 12.8. The molecule has 1 heterocycles. The molecule has 0 aliphatic heterocycles. The Hall–Kier alpha value is -0.870. The summed E-state index contributed by atoms with van der Waals surface area (Å²) in [6.07, 6.45) is 12.3. The van der Waals surface area contributed by atoms with Crippen molar-refractivity contribution in [2.75, 3.05) is 13.2 Å². The van der Waals surface area contributed by atoms with Gasteiger partial charge >= 0.3 is 0 Å². The maximum Gasteiger partial charge on any atom is 0.0804 e. The summed E-state index contributed by atoms with van der Waals surface area (Å²) in [6, 6.07) is 0. The van der Waals surface area contributed by atoms with Gasteiger partial charge in [0.15, 0.2) is 0 Å². The molecule has 0 spiro atoms. The largest absolute Gasteiger partial charge is 0.373 e. The third-order valence-electron chi connectivity index (χ3n) is 3.94. The van der Waals surface area contributed by atoms with Gasteiger partial charge in [-0.1, -0.05) is 25.7 Å². The van der Waals surface area contributed by atoms with E-state index in [9.17, 15) is 0 Å². The summed E-state index contributed by atoms with van der Waals surface area (Å²) in [6.45, 7) is 1.41. The molecule has 0 radical (unpaired) electrons. The Bertz CT molecular complexity index is 354. The number of hydrogen-bond acceptors (Lipinski definition) is 3. The Labute approximate surface area is 110 Å². The number of aryl methyl sites for hydroxylation is 1. The van der Waals surface area contributed by atoms with E-state index in [1.807, 2.05) is 24.1 Å².